The Hall–Kier alpha value is -0.700. The van der Waals surface area contributed by atoms with E-state index in [1.807, 2.05) is 6.07 Å². The van der Waals surface area contributed by atoms with Gasteiger partial charge in [-0.15, -0.1) is 6.58 Å². The molecule has 0 aliphatic heterocycles. The predicted octanol–water partition coefficient (Wildman–Crippen LogP) is 1.83. The fraction of sp³-hybridized carbons (Fsp3) is 0.167. The summed E-state index contributed by atoms with van der Waals surface area (Å²) in [6.45, 7) is 3.56. The van der Waals surface area contributed by atoms with E-state index in [2.05, 4.69) is 16.8 Å². The molecule has 0 aliphatic carbocycles. The quantitative estimate of drug-likeness (QED) is 0.622. The number of hydrogen-bond acceptors (Lipinski definition) is 1. The summed E-state index contributed by atoms with van der Waals surface area (Å²) >= 11 is 4.96. The normalized spacial score (nSPS) is 13.0. The molecule has 1 aromatic heterocycles. The van der Waals surface area contributed by atoms with E-state index in [-0.39, 0.29) is 5.25 Å². The molecule has 0 fully saturated rings. The third-order valence-electron chi connectivity index (χ3n) is 1.03. The highest BCUT2D eigenvalue weighted by molar-refractivity contribution is 7.80. The van der Waals surface area contributed by atoms with Crippen molar-refractivity contribution >= 4 is 12.6 Å². The SMILES string of the molecule is C=CC([S])c1cc[nH]n1. The number of hydrogen-bond donors (Lipinski definition) is 1. The van der Waals surface area contributed by atoms with Gasteiger partial charge in [0.15, 0.2) is 0 Å². The van der Waals surface area contributed by atoms with Crippen molar-refractivity contribution in [1.29, 1.82) is 0 Å². The second kappa shape index (κ2) is 2.73. The molecule has 0 aliphatic rings. The van der Waals surface area contributed by atoms with Gasteiger partial charge in [0, 0.05) is 6.20 Å². The third kappa shape index (κ3) is 1.36. The Morgan fingerprint density at radius 3 is 3.11 bits per heavy atom. The van der Waals surface area contributed by atoms with Crippen molar-refractivity contribution in [1.82, 2.24) is 10.2 Å². The lowest BCUT2D eigenvalue weighted by atomic mass is 10.3. The van der Waals surface area contributed by atoms with E-state index >= 15 is 0 Å². The smallest absolute Gasteiger partial charge is 0.0798 e. The average Bonchev–Trinajstić information content (AvgIpc) is 2.37. The molecule has 1 atom stereocenters. The minimum atomic E-state index is -0.0590. The van der Waals surface area contributed by atoms with Gasteiger partial charge in [0.2, 0.25) is 0 Å². The van der Waals surface area contributed by atoms with E-state index in [0.29, 0.717) is 0 Å². The maximum Gasteiger partial charge on any atom is 0.0798 e. The fourth-order valence-corrected chi connectivity index (χ4v) is 0.682. The van der Waals surface area contributed by atoms with Crippen LogP contribution in [0.25, 0.3) is 0 Å². The summed E-state index contributed by atoms with van der Waals surface area (Å²) in [5, 5.41) is 6.51. The van der Waals surface area contributed by atoms with Crippen LogP contribution in [-0.4, -0.2) is 10.2 Å². The van der Waals surface area contributed by atoms with Crippen LogP contribution in [0.15, 0.2) is 24.9 Å². The van der Waals surface area contributed by atoms with Gasteiger partial charge in [-0.05, 0) is 6.07 Å². The Bertz CT molecular complexity index is 181. The Kier molecular flexibility index (Phi) is 1.95. The zero-order chi connectivity index (χ0) is 6.69. The van der Waals surface area contributed by atoms with Crippen LogP contribution in [0.4, 0.5) is 0 Å². The van der Waals surface area contributed by atoms with E-state index in [4.69, 9.17) is 12.6 Å². The molecule has 1 unspecified atom stereocenters. The summed E-state index contributed by atoms with van der Waals surface area (Å²) in [5.74, 6) is 0. The van der Waals surface area contributed by atoms with Crippen LogP contribution in [0.1, 0.15) is 10.9 Å². The Morgan fingerprint density at radius 2 is 2.67 bits per heavy atom. The summed E-state index contributed by atoms with van der Waals surface area (Å²) in [6.07, 6.45) is 3.43. The van der Waals surface area contributed by atoms with Crippen molar-refractivity contribution in [2.45, 2.75) is 5.25 Å². The van der Waals surface area contributed by atoms with Crippen LogP contribution in [0.5, 0.6) is 0 Å². The van der Waals surface area contributed by atoms with Crippen LogP contribution in [-0.2, 0) is 0 Å². The van der Waals surface area contributed by atoms with Crippen LogP contribution < -0.4 is 0 Å². The lowest BCUT2D eigenvalue weighted by Gasteiger charge is -1.94. The van der Waals surface area contributed by atoms with E-state index in [0.717, 1.165) is 5.69 Å². The van der Waals surface area contributed by atoms with Gasteiger partial charge in [-0.1, -0.05) is 18.7 Å². The van der Waals surface area contributed by atoms with E-state index in [9.17, 15) is 0 Å². The molecule has 1 radical (unpaired) electrons. The first-order valence-electron chi connectivity index (χ1n) is 2.62. The summed E-state index contributed by atoms with van der Waals surface area (Å²) in [5.41, 5.74) is 0.861. The molecule has 0 saturated heterocycles. The highest BCUT2D eigenvalue weighted by Gasteiger charge is 2.01. The third-order valence-corrected chi connectivity index (χ3v) is 1.46. The number of H-pyrrole nitrogens is 1. The van der Waals surface area contributed by atoms with Crippen LogP contribution in [0.3, 0.4) is 0 Å². The van der Waals surface area contributed by atoms with Crippen molar-refractivity contribution < 1.29 is 0 Å². The van der Waals surface area contributed by atoms with Crippen molar-refractivity contribution in [3.05, 3.63) is 30.6 Å². The summed E-state index contributed by atoms with van der Waals surface area (Å²) < 4.78 is 0. The van der Waals surface area contributed by atoms with Gasteiger partial charge in [-0.3, -0.25) is 5.10 Å². The molecule has 0 spiro atoms. The first-order valence-corrected chi connectivity index (χ1v) is 3.10. The second-order valence-corrected chi connectivity index (χ2v) is 2.16. The number of nitrogens with one attached hydrogen (secondary N) is 1. The lowest BCUT2D eigenvalue weighted by Crippen LogP contribution is -1.84. The van der Waals surface area contributed by atoms with Gasteiger partial charge in [0.1, 0.15) is 0 Å². The van der Waals surface area contributed by atoms with Crippen molar-refractivity contribution in [3.8, 4) is 0 Å². The molecular formula is C6H7N2S. The number of nitrogens with zero attached hydrogens (tertiary/aromatic N) is 1. The zero-order valence-electron chi connectivity index (χ0n) is 4.87. The monoisotopic (exact) mass is 139 g/mol. The van der Waals surface area contributed by atoms with Crippen molar-refractivity contribution in [2.24, 2.45) is 0 Å². The molecule has 1 N–H and O–H groups in total. The zero-order valence-corrected chi connectivity index (χ0v) is 5.69. The van der Waals surface area contributed by atoms with E-state index in [1.165, 1.54) is 0 Å². The molecule has 1 heterocycles. The Morgan fingerprint density at radius 1 is 1.89 bits per heavy atom. The van der Waals surface area contributed by atoms with Crippen LogP contribution in [0, 0.1) is 0 Å². The van der Waals surface area contributed by atoms with Crippen LogP contribution in [0.2, 0.25) is 0 Å². The summed E-state index contributed by atoms with van der Waals surface area (Å²) in [6, 6.07) is 1.85. The van der Waals surface area contributed by atoms with Gasteiger partial charge < -0.3 is 0 Å². The summed E-state index contributed by atoms with van der Waals surface area (Å²) in [7, 11) is 0. The Labute approximate surface area is 59.4 Å². The minimum absolute atomic E-state index is 0.0590. The van der Waals surface area contributed by atoms with Gasteiger partial charge in [-0.25, -0.2) is 0 Å². The van der Waals surface area contributed by atoms with E-state index < -0.39 is 0 Å². The molecule has 3 heteroatoms. The molecule has 47 valence electrons. The van der Waals surface area contributed by atoms with Gasteiger partial charge >= 0.3 is 0 Å². The first kappa shape index (κ1) is 6.42. The summed E-state index contributed by atoms with van der Waals surface area (Å²) in [4.78, 5) is 0. The van der Waals surface area contributed by atoms with Gasteiger partial charge in [-0.2, -0.15) is 5.10 Å². The van der Waals surface area contributed by atoms with Crippen LogP contribution >= 0.6 is 12.6 Å². The van der Waals surface area contributed by atoms with Crippen molar-refractivity contribution in [3.63, 3.8) is 0 Å². The standard InChI is InChI=1S/C6H7N2S/c1-2-6(9)5-3-4-7-8-5/h2-4,6H,1H2,(H,7,8). The largest absolute Gasteiger partial charge is 0.285 e. The number of rotatable bonds is 2. The molecule has 0 aromatic carbocycles. The maximum absolute atomic E-state index is 4.96. The minimum Gasteiger partial charge on any atom is -0.285 e. The molecule has 0 amide bonds. The highest BCUT2D eigenvalue weighted by atomic mass is 32.1. The van der Waals surface area contributed by atoms with E-state index in [1.54, 1.807) is 12.3 Å². The predicted molar refractivity (Wildman–Crippen MR) is 39.1 cm³/mol. The van der Waals surface area contributed by atoms with Gasteiger partial charge in [0.05, 0.1) is 10.9 Å². The van der Waals surface area contributed by atoms with Gasteiger partial charge in [0.25, 0.3) is 0 Å². The molecule has 2 nitrogen and oxygen atoms in total. The molecule has 1 rings (SSSR count). The average molecular weight is 139 g/mol. The lowest BCUT2D eigenvalue weighted by molar-refractivity contribution is 1.00. The Balaban J connectivity index is 2.76. The number of aromatic nitrogens is 2. The first-order chi connectivity index (χ1) is 4.34. The second-order valence-electron chi connectivity index (χ2n) is 1.66. The molecular weight excluding hydrogens is 132 g/mol. The highest BCUT2D eigenvalue weighted by Crippen LogP contribution is 2.16. The molecule has 1 aromatic rings. The van der Waals surface area contributed by atoms with Crippen molar-refractivity contribution in [2.75, 3.05) is 0 Å². The maximum atomic E-state index is 4.96. The molecule has 9 heavy (non-hydrogen) atoms. The number of aromatic amines is 1. The fourth-order valence-electron chi connectivity index (χ4n) is 0.551. The topological polar surface area (TPSA) is 28.7 Å². The molecule has 0 bridgehead atoms. The molecule has 0 saturated carbocycles.